The van der Waals surface area contributed by atoms with Gasteiger partial charge >= 0.3 is 0 Å². The van der Waals surface area contributed by atoms with Gasteiger partial charge in [0.2, 0.25) is 0 Å². The predicted molar refractivity (Wildman–Crippen MR) is 75.5 cm³/mol. The number of hydrogen-bond acceptors (Lipinski definition) is 4. The molecule has 0 saturated carbocycles. The highest BCUT2D eigenvalue weighted by molar-refractivity contribution is 7.99. The van der Waals surface area contributed by atoms with Gasteiger partial charge in [-0.15, -0.1) is 11.3 Å². The van der Waals surface area contributed by atoms with Crippen molar-refractivity contribution >= 4 is 23.1 Å². The Kier molecular flexibility index (Phi) is 5.28. The quantitative estimate of drug-likeness (QED) is 0.845. The Morgan fingerprint density at radius 3 is 2.69 bits per heavy atom. The molecule has 1 aromatic rings. The molecule has 0 unspecified atom stereocenters. The van der Waals surface area contributed by atoms with E-state index >= 15 is 0 Å². The first-order valence-electron chi connectivity index (χ1n) is 5.65. The van der Waals surface area contributed by atoms with Gasteiger partial charge in [-0.05, 0) is 20.1 Å². The molecule has 1 rings (SSSR count). The second-order valence-electron chi connectivity index (χ2n) is 4.89. The summed E-state index contributed by atoms with van der Waals surface area (Å²) in [6.45, 7) is 10.9. The van der Waals surface area contributed by atoms with Crippen LogP contribution in [0.25, 0.3) is 0 Å². The average Bonchev–Trinajstić information content (AvgIpc) is 2.66. The van der Waals surface area contributed by atoms with Crippen LogP contribution < -0.4 is 5.32 Å². The minimum atomic E-state index is 0.311. The van der Waals surface area contributed by atoms with E-state index in [1.165, 1.54) is 9.88 Å². The van der Waals surface area contributed by atoms with Crippen LogP contribution in [0.4, 0.5) is 0 Å². The van der Waals surface area contributed by atoms with Gasteiger partial charge in [0, 0.05) is 34.8 Å². The first-order chi connectivity index (χ1) is 7.44. The summed E-state index contributed by atoms with van der Waals surface area (Å²) in [6, 6.07) is 0. The molecule has 92 valence electrons. The number of aromatic nitrogens is 1. The van der Waals surface area contributed by atoms with Crippen LogP contribution in [0.2, 0.25) is 0 Å². The highest BCUT2D eigenvalue weighted by Gasteiger charge is 2.15. The number of hydrogen-bond donors (Lipinski definition) is 1. The molecule has 1 N–H and O–H groups in total. The smallest absolute Gasteiger partial charge is 0.0953 e. The van der Waals surface area contributed by atoms with E-state index in [0.29, 0.717) is 10.7 Å². The summed E-state index contributed by atoms with van der Waals surface area (Å²) < 4.78 is 0.311. The van der Waals surface area contributed by atoms with Gasteiger partial charge in [-0.1, -0.05) is 13.8 Å². The number of thioether (sulfide) groups is 1. The molecular weight excluding hydrogens is 236 g/mol. The van der Waals surface area contributed by atoms with Gasteiger partial charge in [-0.2, -0.15) is 11.8 Å². The standard InChI is InChI=1S/C12H22N2S2/c1-9(2)11-14-7-10(16-11)6-13-8-12(3,4)15-5/h7,9,13H,6,8H2,1-5H3. The lowest BCUT2D eigenvalue weighted by Crippen LogP contribution is -2.31. The summed E-state index contributed by atoms with van der Waals surface area (Å²) >= 11 is 3.72. The van der Waals surface area contributed by atoms with E-state index in [1.807, 2.05) is 29.3 Å². The Hall–Kier alpha value is -0.0600. The highest BCUT2D eigenvalue weighted by Crippen LogP contribution is 2.22. The van der Waals surface area contributed by atoms with E-state index < -0.39 is 0 Å². The maximum Gasteiger partial charge on any atom is 0.0953 e. The van der Waals surface area contributed by atoms with Crippen molar-refractivity contribution in [1.82, 2.24) is 10.3 Å². The SMILES string of the molecule is CSC(C)(C)CNCc1cnc(C(C)C)s1. The molecule has 1 heterocycles. The largest absolute Gasteiger partial charge is 0.310 e. The maximum atomic E-state index is 4.42. The molecule has 0 spiro atoms. The molecule has 1 aromatic heterocycles. The molecule has 0 aliphatic rings. The van der Waals surface area contributed by atoms with Gasteiger partial charge in [0.1, 0.15) is 0 Å². The highest BCUT2D eigenvalue weighted by atomic mass is 32.2. The minimum Gasteiger partial charge on any atom is -0.310 e. The monoisotopic (exact) mass is 258 g/mol. The Labute approximate surface area is 107 Å². The molecule has 0 aliphatic carbocycles. The lowest BCUT2D eigenvalue weighted by atomic mass is 10.2. The van der Waals surface area contributed by atoms with Gasteiger partial charge < -0.3 is 5.32 Å². The van der Waals surface area contributed by atoms with Crippen molar-refractivity contribution in [3.05, 3.63) is 16.1 Å². The van der Waals surface area contributed by atoms with Crippen LogP contribution in [0.5, 0.6) is 0 Å². The van der Waals surface area contributed by atoms with Gasteiger partial charge in [0.05, 0.1) is 5.01 Å². The van der Waals surface area contributed by atoms with Crippen LogP contribution in [-0.2, 0) is 6.54 Å². The molecule has 0 aromatic carbocycles. The topological polar surface area (TPSA) is 24.9 Å². The second kappa shape index (κ2) is 6.03. The van der Waals surface area contributed by atoms with Gasteiger partial charge in [0.25, 0.3) is 0 Å². The van der Waals surface area contributed by atoms with E-state index in [2.05, 4.69) is 44.3 Å². The molecule has 0 amide bonds. The molecule has 0 atom stereocenters. The van der Waals surface area contributed by atoms with Crippen LogP contribution in [0.15, 0.2) is 6.20 Å². The summed E-state index contributed by atoms with van der Waals surface area (Å²) in [5, 5.41) is 4.73. The molecular formula is C12H22N2S2. The summed E-state index contributed by atoms with van der Waals surface area (Å²) in [5.41, 5.74) is 0. The van der Waals surface area contributed by atoms with Gasteiger partial charge in [-0.3, -0.25) is 0 Å². The first kappa shape index (κ1) is 14.0. The third-order valence-electron chi connectivity index (χ3n) is 2.47. The number of thiazole rings is 1. The van der Waals surface area contributed by atoms with Crippen molar-refractivity contribution < 1.29 is 0 Å². The third-order valence-corrected chi connectivity index (χ3v) is 5.02. The molecule has 0 radical (unpaired) electrons. The summed E-state index contributed by atoms with van der Waals surface area (Å²) in [5.74, 6) is 0.543. The van der Waals surface area contributed by atoms with Crippen molar-refractivity contribution in [2.24, 2.45) is 0 Å². The van der Waals surface area contributed by atoms with E-state index in [-0.39, 0.29) is 0 Å². The lowest BCUT2D eigenvalue weighted by molar-refractivity contribution is 0.594. The van der Waals surface area contributed by atoms with Crippen molar-refractivity contribution in [2.45, 2.75) is 44.9 Å². The molecule has 4 heteroatoms. The molecule has 2 nitrogen and oxygen atoms in total. The number of rotatable bonds is 6. The zero-order valence-electron chi connectivity index (χ0n) is 10.8. The van der Waals surface area contributed by atoms with Crippen LogP contribution >= 0.6 is 23.1 Å². The third kappa shape index (κ3) is 4.44. The van der Waals surface area contributed by atoms with Crippen molar-refractivity contribution in [1.29, 1.82) is 0 Å². The Balaban J connectivity index is 2.37. The minimum absolute atomic E-state index is 0.311. The van der Waals surface area contributed by atoms with Crippen LogP contribution in [0.3, 0.4) is 0 Å². The maximum absolute atomic E-state index is 4.42. The Morgan fingerprint density at radius 1 is 1.50 bits per heavy atom. The molecule has 0 saturated heterocycles. The average molecular weight is 258 g/mol. The lowest BCUT2D eigenvalue weighted by Gasteiger charge is -2.21. The van der Waals surface area contributed by atoms with Crippen LogP contribution in [0.1, 0.15) is 43.5 Å². The Bertz CT molecular complexity index is 319. The molecule has 0 fully saturated rings. The number of nitrogens with zero attached hydrogens (tertiary/aromatic N) is 1. The summed E-state index contributed by atoms with van der Waals surface area (Å²) in [4.78, 5) is 5.76. The van der Waals surface area contributed by atoms with Gasteiger partial charge in [-0.25, -0.2) is 4.98 Å². The fourth-order valence-electron chi connectivity index (χ4n) is 1.23. The van der Waals surface area contributed by atoms with Crippen molar-refractivity contribution in [2.75, 3.05) is 12.8 Å². The molecule has 16 heavy (non-hydrogen) atoms. The van der Waals surface area contributed by atoms with Crippen molar-refractivity contribution in [3.63, 3.8) is 0 Å². The van der Waals surface area contributed by atoms with Gasteiger partial charge in [0.15, 0.2) is 0 Å². The van der Waals surface area contributed by atoms with E-state index in [1.54, 1.807) is 0 Å². The van der Waals surface area contributed by atoms with E-state index in [9.17, 15) is 0 Å². The Morgan fingerprint density at radius 2 is 2.19 bits per heavy atom. The van der Waals surface area contributed by atoms with Crippen molar-refractivity contribution in [3.8, 4) is 0 Å². The zero-order chi connectivity index (χ0) is 12.2. The van der Waals surface area contributed by atoms with Crippen LogP contribution in [-0.4, -0.2) is 22.5 Å². The predicted octanol–water partition coefficient (Wildman–Crippen LogP) is 3.50. The van der Waals surface area contributed by atoms with E-state index in [0.717, 1.165) is 13.1 Å². The molecule has 0 aliphatic heterocycles. The fraction of sp³-hybridized carbons (Fsp3) is 0.750. The second-order valence-corrected chi connectivity index (χ2v) is 7.55. The number of nitrogens with one attached hydrogen (secondary N) is 1. The first-order valence-corrected chi connectivity index (χ1v) is 7.69. The fourth-order valence-corrected chi connectivity index (χ4v) is 2.37. The summed E-state index contributed by atoms with van der Waals surface area (Å²) in [6.07, 6.45) is 4.16. The summed E-state index contributed by atoms with van der Waals surface area (Å²) in [7, 11) is 0. The zero-order valence-corrected chi connectivity index (χ0v) is 12.5. The normalized spacial score (nSPS) is 12.4. The van der Waals surface area contributed by atoms with Crippen LogP contribution in [0, 0.1) is 0 Å². The van der Waals surface area contributed by atoms with E-state index in [4.69, 9.17) is 0 Å². The molecule has 0 bridgehead atoms.